The highest BCUT2D eigenvalue weighted by atomic mass is 32.1. The predicted octanol–water partition coefficient (Wildman–Crippen LogP) is 3.42. The Kier molecular flexibility index (Phi) is 4.22. The molecular formula is C16H12N2O4S. The second kappa shape index (κ2) is 6.47. The van der Waals surface area contributed by atoms with Crippen LogP contribution in [0.1, 0.15) is 10.4 Å². The summed E-state index contributed by atoms with van der Waals surface area (Å²) in [6.07, 6.45) is 0. The third-order valence-electron chi connectivity index (χ3n) is 3.09. The summed E-state index contributed by atoms with van der Waals surface area (Å²) in [7, 11) is 0. The standard InChI is InChI=1S/C16H12N2O4S/c19-15(17-10-5-2-1-3-6-10)14-11(18-21)9-12(22-16(14)20)13-7-4-8-23-13/h1-9,18,21H,(H,17,19). The Balaban J connectivity index is 1.99. The van der Waals surface area contributed by atoms with Gasteiger partial charge in [-0.2, -0.15) is 0 Å². The van der Waals surface area contributed by atoms with E-state index in [9.17, 15) is 14.8 Å². The molecule has 23 heavy (non-hydrogen) atoms. The van der Waals surface area contributed by atoms with E-state index >= 15 is 0 Å². The van der Waals surface area contributed by atoms with Gasteiger partial charge in [-0.15, -0.1) is 11.3 Å². The smallest absolute Gasteiger partial charge is 0.351 e. The summed E-state index contributed by atoms with van der Waals surface area (Å²) in [6.45, 7) is 0. The number of amides is 1. The van der Waals surface area contributed by atoms with Gasteiger partial charge in [-0.1, -0.05) is 24.3 Å². The van der Waals surface area contributed by atoms with Crippen LogP contribution in [-0.4, -0.2) is 11.1 Å². The SMILES string of the molecule is O=C(Nc1ccccc1)c1c(NO)cc(-c2cccs2)oc1=O. The van der Waals surface area contributed by atoms with Gasteiger partial charge in [0.05, 0.1) is 10.6 Å². The molecule has 0 radical (unpaired) electrons. The van der Waals surface area contributed by atoms with E-state index < -0.39 is 11.5 Å². The van der Waals surface area contributed by atoms with Crippen molar-refractivity contribution in [1.29, 1.82) is 0 Å². The van der Waals surface area contributed by atoms with Crippen LogP contribution in [0.4, 0.5) is 11.4 Å². The van der Waals surface area contributed by atoms with Gasteiger partial charge in [0.2, 0.25) is 0 Å². The summed E-state index contributed by atoms with van der Waals surface area (Å²) < 4.78 is 5.20. The molecule has 3 N–H and O–H groups in total. The molecule has 116 valence electrons. The van der Waals surface area contributed by atoms with Gasteiger partial charge in [-0.05, 0) is 23.6 Å². The maximum Gasteiger partial charge on any atom is 0.351 e. The van der Waals surface area contributed by atoms with Crippen LogP contribution in [0.5, 0.6) is 0 Å². The topological polar surface area (TPSA) is 91.6 Å². The lowest BCUT2D eigenvalue weighted by Gasteiger charge is -2.09. The Labute approximate surface area is 135 Å². The van der Waals surface area contributed by atoms with E-state index in [2.05, 4.69) is 5.32 Å². The molecule has 0 saturated carbocycles. The summed E-state index contributed by atoms with van der Waals surface area (Å²) in [6, 6.07) is 13.7. The number of rotatable bonds is 4. The Morgan fingerprint density at radius 1 is 1.13 bits per heavy atom. The number of carbonyl (C=O) groups excluding carboxylic acids is 1. The first-order valence-electron chi connectivity index (χ1n) is 6.67. The highest BCUT2D eigenvalue weighted by molar-refractivity contribution is 7.13. The Morgan fingerprint density at radius 2 is 1.91 bits per heavy atom. The zero-order valence-electron chi connectivity index (χ0n) is 11.8. The van der Waals surface area contributed by atoms with Crippen molar-refractivity contribution in [2.75, 3.05) is 10.8 Å². The molecule has 0 atom stereocenters. The minimum atomic E-state index is -0.833. The summed E-state index contributed by atoms with van der Waals surface area (Å²) in [5, 5.41) is 13.7. The Bertz CT molecular complexity index is 873. The van der Waals surface area contributed by atoms with Gasteiger partial charge in [0.1, 0.15) is 0 Å². The molecular weight excluding hydrogens is 316 g/mol. The molecule has 1 amide bonds. The molecule has 2 aromatic heterocycles. The molecule has 6 nitrogen and oxygen atoms in total. The fourth-order valence-corrected chi connectivity index (χ4v) is 2.73. The van der Waals surface area contributed by atoms with Crippen molar-refractivity contribution >= 4 is 28.6 Å². The van der Waals surface area contributed by atoms with E-state index in [0.29, 0.717) is 10.6 Å². The molecule has 3 rings (SSSR count). The lowest BCUT2D eigenvalue weighted by atomic mass is 10.2. The summed E-state index contributed by atoms with van der Waals surface area (Å²) in [5.74, 6) is -0.392. The van der Waals surface area contributed by atoms with Crippen molar-refractivity contribution in [3.05, 3.63) is 69.9 Å². The minimum absolute atomic E-state index is 0.0157. The van der Waals surface area contributed by atoms with Gasteiger partial charge in [-0.3, -0.25) is 15.5 Å². The molecule has 0 unspecified atom stereocenters. The number of hydrogen-bond donors (Lipinski definition) is 3. The van der Waals surface area contributed by atoms with Gasteiger partial charge >= 0.3 is 5.63 Å². The molecule has 1 aromatic carbocycles. The van der Waals surface area contributed by atoms with Crippen molar-refractivity contribution in [1.82, 2.24) is 0 Å². The summed E-state index contributed by atoms with van der Waals surface area (Å²) >= 11 is 1.38. The van der Waals surface area contributed by atoms with Crippen LogP contribution in [0.2, 0.25) is 0 Å². The molecule has 2 heterocycles. The van der Waals surface area contributed by atoms with E-state index in [-0.39, 0.29) is 17.0 Å². The third kappa shape index (κ3) is 3.15. The summed E-state index contributed by atoms with van der Waals surface area (Å²) in [4.78, 5) is 25.2. The first-order chi connectivity index (χ1) is 11.2. The van der Waals surface area contributed by atoms with Crippen LogP contribution in [0, 0.1) is 0 Å². The van der Waals surface area contributed by atoms with Crippen LogP contribution < -0.4 is 16.4 Å². The number of thiophene rings is 1. The van der Waals surface area contributed by atoms with Crippen LogP contribution in [0.15, 0.2) is 63.1 Å². The lowest BCUT2D eigenvalue weighted by molar-refractivity contribution is 0.102. The fraction of sp³-hybridized carbons (Fsp3) is 0. The Morgan fingerprint density at radius 3 is 2.57 bits per heavy atom. The number of hydrogen-bond acceptors (Lipinski definition) is 6. The van der Waals surface area contributed by atoms with E-state index in [4.69, 9.17) is 4.42 Å². The average molecular weight is 328 g/mol. The zero-order chi connectivity index (χ0) is 16.2. The highest BCUT2D eigenvalue weighted by Crippen LogP contribution is 2.27. The largest absolute Gasteiger partial charge is 0.421 e. The molecule has 0 saturated heterocycles. The number of para-hydroxylation sites is 1. The Hall–Kier alpha value is -2.90. The average Bonchev–Trinajstić information content (AvgIpc) is 3.09. The summed E-state index contributed by atoms with van der Waals surface area (Å²) in [5.41, 5.74) is 1.28. The number of anilines is 2. The monoisotopic (exact) mass is 328 g/mol. The molecule has 0 bridgehead atoms. The molecule has 3 aromatic rings. The quantitative estimate of drug-likeness (QED) is 0.638. The predicted molar refractivity (Wildman–Crippen MR) is 88.1 cm³/mol. The lowest BCUT2D eigenvalue weighted by Crippen LogP contribution is -2.23. The maximum absolute atomic E-state index is 12.3. The first kappa shape index (κ1) is 15.0. The second-order valence-electron chi connectivity index (χ2n) is 4.60. The first-order valence-corrected chi connectivity index (χ1v) is 7.55. The molecule has 7 heteroatoms. The zero-order valence-corrected chi connectivity index (χ0v) is 12.6. The van der Waals surface area contributed by atoms with E-state index in [0.717, 1.165) is 0 Å². The third-order valence-corrected chi connectivity index (χ3v) is 3.98. The van der Waals surface area contributed by atoms with Crippen LogP contribution in [0.25, 0.3) is 10.6 Å². The van der Waals surface area contributed by atoms with E-state index in [1.165, 1.54) is 17.4 Å². The number of benzene rings is 1. The molecule has 0 spiro atoms. The maximum atomic E-state index is 12.3. The van der Waals surface area contributed by atoms with Crippen molar-refractivity contribution in [3.63, 3.8) is 0 Å². The molecule has 0 aliphatic carbocycles. The van der Waals surface area contributed by atoms with Gasteiger partial charge in [0.15, 0.2) is 11.3 Å². The molecule has 0 aliphatic heterocycles. The van der Waals surface area contributed by atoms with Gasteiger partial charge < -0.3 is 9.73 Å². The van der Waals surface area contributed by atoms with Gasteiger partial charge in [0, 0.05) is 11.8 Å². The van der Waals surface area contributed by atoms with E-state index in [1.807, 2.05) is 16.9 Å². The molecule has 0 fully saturated rings. The highest BCUT2D eigenvalue weighted by Gasteiger charge is 2.20. The van der Waals surface area contributed by atoms with Crippen LogP contribution in [0.3, 0.4) is 0 Å². The fourth-order valence-electron chi connectivity index (χ4n) is 2.05. The molecule has 0 aliphatic rings. The number of nitrogens with one attached hydrogen (secondary N) is 2. The second-order valence-corrected chi connectivity index (χ2v) is 5.54. The van der Waals surface area contributed by atoms with E-state index in [1.54, 1.807) is 36.4 Å². The van der Waals surface area contributed by atoms with Crippen molar-refractivity contribution < 1.29 is 14.4 Å². The van der Waals surface area contributed by atoms with Crippen molar-refractivity contribution in [2.24, 2.45) is 0 Å². The van der Waals surface area contributed by atoms with Gasteiger partial charge in [-0.25, -0.2) is 4.79 Å². The van der Waals surface area contributed by atoms with Crippen molar-refractivity contribution in [2.45, 2.75) is 0 Å². The number of carbonyl (C=O) groups is 1. The minimum Gasteiger partial charge on any atom is -0.421 e. The van der Waals surface area contributed by atoms with Crippen LogP contribution >= 0.6 is 11.3 Å². The normalized spacial score (nSPS) is 10.3. The van der Waals surface area contributed by atoms with Crippen molar-refractivity contribution in [3.8, 4) is 10.6 Å². The van der Waals surface area contributed by atoms with Crippen LogP contribution in [-0.2, 0) is 0 Å². The van der Waals surface area contributed by atoms with Gasteiger partial charge in [0.25, 0.3) is 5.91 Å².